The van der Waals surface area contributed by atoms with E-state index >= 15 is 0 Å². The summed E-state index contributed by atoms with van der Waals surface area (Å²) in [5.41, 5.74) is 4.60. The molecule has 6 rings (SSSR count). The molecule has 3 aliphatic rings. The number of thioether (sulfide) groups is 1. The maximum Gasteiger partial charge on any atom is 0.260 e. The van der Waals surface area contributed by atoms with Crippen LogP contribution >= 0.6 is 11.8 Å². The van der Waals surface area contributed by atoms with Gasteiger partial charge in [-0.25, -0.2) is 0 Å². The molecular formula is C38H46N4O3S. The molecule has 1 saturated carbocycles. The Balaban J connectivity index is 1.01. The summed E-state index contributed by atoms with van der Waals surface area (Å²) in [6.45, 7) is 8.37. The number of nitrogens with zero attached hydrogens (tertiary/aromatic N) is 3. The molecule has 7 nitrogen and oxygen atoms in total. The summed E-state index contributed by atoms with van der Waals surface area (Å²) in [4.78, 5) is 35.1. The number of methoxy groups -OCH3 is 1. The van der Waals surface area contributed by atoms with Gasteiger partial charge >= 0.3 is 0 Å². The highest BCUT2D eigenvalue weighted by Gasteiger charge is 2.44. The van der Waals surface area contributed by atoms with Gasteiger partial charge in [0.15, 0.2) is 0 Å². The van der Waals surface area contributed by atoms with E-state index in [9.17, 15) is 9.59 Å². The molecule has 0 radical (unpaired) electrons. The molecule has 2 saturated heterocycles. The van der Waals surface area contributed by atoms with Crippen molar-refractivity contribution in [3.63, 3.8) is 0 Å². The first-order chi connectivity index (χ1) is 22.5. The van der Waals surface area contributed by atoms with Gasteiger partial charge in [0.2, 0.25) is 5.91 Å². The van der Waals surface area contributed by atoms with Gasteiger partial charge in [-0.05, 0) is 80.6 Å². The summed E-state index contributed by atoms with van der Waals surface area (Å²) < 4.78 is 5.29. The van der Waals surface area contributed by atoms with Gasteiger partial charge in [-0.2, -0.15) is 0 Å². The van der Waals surface area contributed by atoms with Gasteiger partial charge in [0, 0.05) is 62.2 Å². The number of carbonyl (C=O) groups excluding carboxylic acids is 2. The molecule has 3 fully saturated rings. The fraction of sp³-hybridized carbons (Fsp3) is 0.421. The lowest BCUT2D eigenvalue weighted by atomic mass is 9.83. The van der Waals surface area contributed by atoms with E-state index in [0.29, 0.717) is 19.5 Å². The molecule has 3 unspecified atom stereocenters. The molecule has 3 atom stereocenters. The van der Waals surface area contributed by atoms with Gasteiger partial charge in [-0.3, -0.25) is 14.5 Å². The molecule has 1 N–H and O–H groups in total. The molecule has 3 aromatic carbocycles. The first-order valence-corrected chi connectivity index (χ1v) is 17.5. The first kappa shape index (κ1) is 32.2. The lowest BCUT2D eigenvalue weighted by molar-refractivity contribution is -0.133. The van der Waals surface area contributed by atoms with E-state index < -0.39 is 0 Å². The van der Waals surface area contributed by atoms with Crippen LogP contribution in [0.15, 0.2) is 83.8 Å². The van der Waals surface area contributed by atoms with Gasteiger partial charge < -0.3 is 19.9 Å². The summed E-state index contributed by atoms with van der Waals surface area (Å²) in [5.74, 6) is 1.03. The van der Waals surface area contributed by atoms with E-state index in [2.05, 4.69) is 63.3 Å². The number of nitrogens with one attached hydrogen (secondary N) is 1. The number of fused-ring (bicyclic) bond motifs is 1. The fourth-order valence-corrected chi connectivity index (χ4v) is 8.42. The molecule has 8 heteroatoms. The van der Waals surface area contributed by atoms with Crippen molar-refractivity contribution in [2.24, 2.45) is 5.92 Å². The van der Waals surface area contributed by atoms with Gasteiger partial charge in [0.1, 0.15) is 5.75 Å². The molecule has 0 bridgehead atoms. The van der Waals surface area contributed by atoms with Crippen LogP contribution in [0.5, 0.6) is 5.75 Å². The van der Waals surface area contributed by atoms with Crippen LogP contribution in [-0.4, -0.2) is 79.3 Å². The van der Waals surface area contributed by atoms with Crippen LogP contribution in [0.3, 0.4) is 0 Å². The number of rotatable bonds is 10. The number of benzene rings is 3. The summed E-state index contributed by atoms with van der Waals surface area (Å²) in [6.07, 6.45) is 5.47. The fourth-order valence-electron chi connectivity index (χ4n) is 7.00. The summed E-state index contributed by atoms with van der Waals surface area (Å²) in [6, 6.07) is 26.8. The Morgan fingerprint density at radius 2 is 1.76 bits per heavy atom. The van der Waals surface area contributed by atoms with Crippen molar-refractivity contribution in [2.45, 2.75) is 50.4 Å². The highest BCUT2D eigenvalue weighted by molar-refractivity contribution is 8.04. The van der Waals surface area contributed by atoms with E-state index in [1.165, 1.54) is 11.3 Å². The average Bonchev–Trinajstić information content (AvgIpc) is 3.09. The largest absolute Gasteiger partial charge is 0.497 e. The Morgan fingerprint density at radius 1 is 0.978 bits per heavy atom. The predicted octanol–water partition coefficient (Wildman–Crippen LogP) is 5.99. The highest BCUT2D eigenvalue weighted by Crippen LogP contribution is 2.44. The van der Waals surface area contributed by atoms with Crippen molar-refractivity contribution < 1.29 is 14.3 Å². The lowest BCUT2D eigenvalue weighted by Gasteiger charge is -2.46. The SMILES string of the molecule is COc1ccc(N2CCN(CCCNC(=O)C3CCC4S/C(=C\c5ccccc5)C(=O)N(Cc5cccc(C)c5)C4C3)CC2)cc1. The smallest absolute Gasteiger partial charge is 0.260 e. The molecule has 0 aromatic heterocycles. The van der Waals surface area contributed by atoms with E-state index in [-0.39, 0.29) is 29.0 Å². The number of hydrogen-bond acceptors (Lipinski definition) is 6. The summed E-state index contributed by atoms with van der Waals surface area (Å²) in [7, 11) is 1.69. The number of hydrogen-bond donors (Lipinski definition) is 1. The number of carbonyl (C=O) groups is 2. The first-order valence-electron chi connectivity index (χ1n) is 16.7. The van der Waals surface area contributed by atoms with Crippen LogP contribution in [0, 0.1) is 12.8 Å². The van der Waals surface area contributed by atoms with Crippen molar-refractivity contribution >= 4 is 35.3 Å². The molecule has 46 heavy (non-hydrogen) atoms. The monoisotopic (exact) mass is 638 g/mol. The van der Waals surface area contributed by atoms with Crippen LogP contribution < -0.4 is 15.0 Å². The van der Waals surface area contributed by atoms with Gasteiger partial charge in [-0.1, -0.05) is 60.2 Å². The Kier molecular flexibility index (Phi) is 10.7. The van der Waals surface area contributed by atoms with Gasteiger partial charge in [-0.15, -0.1) is 11.8 Å². The third-order valence-electron chi connectivity index (χ3n) is 9.57. The molecule has 242 valence electrons. The standard InChI is InChI=1S/C38H46N4O3S/c1-28-8-6-11-30(24-28)27-42-34-26-31(12-17-35(34)46-36(38(42)44)25-29-9-4-3-5-10-29)37(43)39-18-7-19-40-20-22-41(23-21-40)32-13-15-33(45-2)16-14-32/h3-6,8-11,13-16,24-25,31,34-35H,7,12,17-23,26-27H2,1-2H3,(H,39,43)/b36-25-. The topological polar surface area (TPSA) is 65.1 Å². The van der Waals surface area contributed by atoms with Gasteiger partial charge in [0.25, 0.3) is 5.91 Å². The van der Waals surface area contributed by atoms with Crippen molar-refractivity contribution in [3.05, 3.63) is 100 Å². The minimum absolute atomic E-state index is 0.0393. The molecule has 1 aliphatic carbocycles. The zero-order valence-corrected chi connectivity index (χ0v) is 27.9. The molecule has 2 amide bonds. The average molecular weight is 639 g/mol. The molecule has 0 spiro atoms. The van der Waals surface area contributed by atoms with Crippen molar-refractivity contribution in [1.29, 1.82) is 0 Å². The Morgan fingerprint density at radius 3 is 2.50 bits per heavy atom. The number of piperazine rings is 1. The van der Waals surface area contributed by atoms with E-state index in [1.807, 2.05) is 48.5 Å². The summed E-state index contributed by atoms with van der Waals surface area (Å²) in [5, 5.41) is 3.54. The van der Waals surface area contributed by atoms with Crippen molar-refractivity contribution in [3.8, 4) is 5.75 Å². The quantitative estimate of drug-likeness (QED) is 0.218. The predicted molar refractivity (Wildman–Crippen MR) is 188 cm³/mol. The second-order valence-electron chi connectivity index (χ2n) is 12.7. The van der Waals surface area contributed by atoms with Crippen molar-refractivity contribution in [2.75, 3.05) is 51.3 Å². The van der Waals surface area contributed by atoms with E-state index in [4.69, 9.17) is 4.74 Å². The van der Waals surface area contributed by atoms with E-state index in [0.717, 1.165) is 73.8 Å². The lowest BCUT2D eigenvalue weighted by Crippen LogP contribution is -2.53. The van der Waals surface area contributed by atoms with Crippen LogP contribution in [0.4, 0.5) is 5.69 Å². The van der Waals surface area contributed by atoms with Crippen molar-refractivity contribution in [1.82, 2.24) is 15.1 Å². The number of aryl methyl sites for hydroxylation is 1. The minimum Gasteiger partial charge on any atom is -0.497 e. The Hall–Kier alpha value is -3.75. The zero-order chi connectivity index (χ0) is 31.9. The van der Waals surface area contributed by atoms with Crippen LogP contribution in [-0.2, 0) is 16.1 Å². The Labute approximate surface area is 278 Å². The maximum atomic E-state index is 14.0. The number of amides is 2. The normalized spacial score (nSPS) is 22.9. The molecule has 2 heterocycles. The van der Waals surface area contributed by atoms with Gasteiger partial charge in [0.05, 0.1) is 12.0 Å². The third kappa shape index (κ3) is 7.96. The highest BCUT2D eigenvalue weighted by atomic mass is 32.2. The van der Waals surface area contributed by atoms with E-state index in [1.54, 1.807) is 18.9 Å². The maximum absolute atomic E-state index is 14.0. The van der Waals surface area contributed by atoms with Crippen LogP contribution in [0.25, 0.3) is 6.08 Å². The molecule has 3 aromatic rings. The zero-order valence-electron chi connectivity index (χ0n) is 27.1. The molecule has 2 aliphatic heterocycles. The van der Waals surface area contributed by atoms with Crippen LogP contribution in [0.1, 0.15) is 42.4 Å². The second-order valence-corrected chi connectivity index (χ2v) is 14.0. The molecular weight excluding hydrogens is 593 g/mol. The third-order valence-corrected chi connectivity index (χ3v) is 11.0. The van der Waals surface area contributed by atoms with Crippen LogP contribution in [0.2, 0.25) is 0 Å². The number of ether oxygens (including phenoxy) is 1. The minimum atomic E-state index is -0.0673. The summed E-state index contributed by atoms with van der Waals surface area (Å²) >= 11 is 1.71. The second kappa shape index (κ2) is 15.2. The number of anilines is 1. The Bertz CT molecular complexity index is 1500.